The van der Waals surface area contributed by atoms with Gasteiger partial charge in [0.25, 0.3) is 5.56 Å². The van der Waals surface area contributed by atoms with Crippen molar-refractivity contribution < 1.29 is 13.2 Å². The molecule has 9 nitrogen and oxygen atoms in total. The van der Waals surface area contributed by atoms with Gasteiger partial charge in [0.2, 0.25) is 10.0 Å². The van der Waals surface area contributed by atoms with Crippen molar-refractivity contribution in [3.63, 3.8) is 0 Å². The summed E-state index contributed by atoms with van der Waals surface area (Å²) in [6.45, 7) is 4.26. The number of fused-ring (bicyclic) bond motifs is 1. The van der Waals surface area contributed by atoms with Crippen molar-refractivity contribution in [1.82, 2.24) is 24.6 Å². The Bertz CT molecular complexity index is 1380. The maximum atomic E-state index is 13.2. The Kier molecular flexibility index (Phi) is 6.69. The summed E-state index contributed by atoms with van der Waals surface area (Å²) in [4.78, 5) is 24.6. The van der Waals surface area contributed by atoms with Gasteiger partial charge in [0.1, 0.15) is 11.6 Å². The van der Waals surface area contributed by atoms with Crippen LogP contribution in [0.4, 0.5) is 0 Å². The Hall–Kier alpha value is -2.69. The topological polar surface area (TPSA) is 120 Å². The van der Waals surface area contributed by atoms with Crippen LogP contribution in [0.25, 0.3) is 22.3 Å². The molecule has 3 aromatic rings. The molecule has 35 heavy (non-hydrogen) atoms. The summed E-state index contributed by atoms with van der Waals surface area (Å²) in [7, 11) is -2.17. The fourth-order valence-electron chi connectivity index (χ4n) is 5.38. The average molecular weight is 500 g/mol. The van der Waals surface area contributed by atoms with Crippen molar-refractivity contribution in [3.8, 4) is 17.1 Å². The van der Waals surface area contributed by atoms with Crippen LogP contribution in [0.5, 0.6) is 5.75 Å². The number of aromatic nitrogens is 3. The summed E-state index contributed by atoms with van der Waals surface area (Å²) in [6, 6.07) is 4.74. The smallest absolute Gasteiger partial charge is 0.260 e. The molecule has 1 aromatic carbocycles. The van der Waals surface area contributed by atoms with Crippen molar-refractivity contribution in [2.75, 3.05) is 33.3 Å². The molecule has 0 bridgehead atoms. The second-order valence-electron chi connectivity index (χ2n) is 9.51. The van der Waals surface area contributed by atoms with E-state index in [1.807, 2.05) is 6.92 Å². The lowest BCUT2D eigenvalue weighted by atomic mass is 9.86. The molecule has 0 unspecified atom stereocenters. The monoisotopic (exact) mass is 499 g/mol. The summed E-state index contributed by atoms with van der Waals surface area (Å²) in [6.07, 6.45) is 6.51. The maximum absolute atomic E-state index is 13.2. The first-order valence-electron chi connectivity index (χ1n) is 12.4. The standard InChI is InChI=1S/C25H33N5O4S/c1-16-22-21(23(27-16)17-7-4-3-5-8-17)25(31)29-24(28-22)19-10-9-18(15-20(19)34-2)35(32,33)30-13-6-11-26-12-14-30/h9-10,15,17,26-27H,3-8,11-14H2,1-2H3,(H,28,29,31). The second kappa shape index (κ2) is 9.75. The zero-order valence-corrected chi connectivity index (χ0v) is 21.1. The Morgan fingerprint density at radius 2 is 1.86 bits per heavy atom. The highest BCUT2D eigenvalue weighted by molar-refractivity contribution is 7.89. The molecule has 0 spiro atoms. The number of methoxy groups -OCH3 is 1. The van der Waals surface area contributed by atoms with Gasteiger partial charge in [-0.25, -0.2) is 13.4 Å². The quantitative estimate of drug-likeness (QED) is 0.496. The van der Waals surface area contributed by atoms with Crippen molar-refractivity contribution in [1.29, 1.82) is 0 Å². The molecule has 0 radical (unpaired) electrons. The van der Waals surface area contributed by atoms with Gasteiger partial charge in [-0.3, -0.25) is 4.79 Å². The van der Waals surface area contributed by atoms with E-state index < -0.39 is 10.0 Å². The van der Waals surface area contributed by atoms with E-state index in [1.54, 1.807) is 12.1 Å². The Morgan fingerprint density at radius 3 is 2.63 bits per heavy atom. The highest BCUT2D eigenvalue weighted by Crippen LogP contribution is 2.37. The summed E-state index contributed by atoms with van der Waals surface area (Å²) >= 11 is 0. The predicted molar refractivity (Wildman–Crippen MR) is 136 cm³/mol. The highest BCUT2D eigenvalue weighted by Gasteiger charge is 2.27. The van der Waals surface area contributed by atoms with Crippen LogP contribution in [0.2, 0.25) is 0 Å². The molecule has 188 valence electrons. The highest BCUT2D eigenvalue weighted by atomic mass is 32.2. The van der Waals surface area contributed by atoms with Crippen molar-refractivity contribution in [3.05, 3.63) is 39.9 Å². The molecule has 2 fully saturated rings. The molecule has 1 saturated carbocycles. The zero-order chi connectivity index (χ0) is 24.6. The predicted octanol–water partition coefficient (Wildman–Crippen LogP) is 3.27. The lowest BCUT2D eigenvalue weighted by Crippen LogP contribution is -2.34. The SMILES string of the molecule is COc1cc(S(=O)(=O)N2CCCNCC2)ccc1-c1nc2c(C)[nH]c(C3CCCCC3)c2c(=O)[nH]1. The van der Waals surface area contributed by atoms with E-state index in [-0.39, 0.29) is 10.5 Å². The molecular weight excluding hydrogens is 466 g/mol. The van der Waals surface area contributed by atoms with E-state index in [9.17, 15) is 13.2 Å². The van der Waals surface area contributed by atoms with Gasteiger partial charge in [-0.1, -0.05) is 19.3 Å². The van der Waals surface area contributed by atoms with E-state index >= 15 is 0 Å². The molecule has 3 heterocycles. The van der Waals surface area contributed by atoms with Crippen LogP contribution in [-0.4, -0.2) is 61.0 Å². The van der Waals surface area contributed by atoms with Crippen molar-refractivity contribution in [2.45, 2.75) is 56.3 Å². The van der Waals surface area contributed by atoms with Gasteiger partial charge in [-0.2, -0.15) is 4.31 Å². The molecule has 2 aromatic heterocycles. The Balaban J connectivity index is 1.54. The number of hydrogen-bond donors (Lipinski definition) is 3. The van der Waals surface area contributed by atoms with E-state index in [1.165, 1.54) is 36.7 Å². The van der Waals surface area contributed by atoms with Crippen molar-refractivity contribution >= 4 is 20.9 Å². The number of benzene rings is 1. The van der Waals surface area contributed by atoms with Crippen LogP contribution in [0.15, 0.2) is 27.9 Å². The second-order valence-corrected chi connectivity index (χ2v) is 11.4. The molecule has 1 aliphatic carbocycles. The van der Waals surface area contributed by atoms with E-state index in [0.29, 0.717) is 53.6 Å². The van der Waals surface area contributed by atoms with Gasteiger partial charge in [-0.05, 0) is 50.8 Å². The van der Waals surface area contributed by atoms with Gasteiger partial charge < -0.3 is 20.0 Å². The normalized spacial score (nSPS) is 18.6. The van der Waals surface area contributed by atoms with Crippen LogP contribution in [0.3, 0.4) is 0 Å². The molecule has 1 saturated heterocycles. The number of nitrogens with zero attached hydrogens (tertiary/aromatic N) is 2. The Morgan fingerprint density at radius 1 is 1.06 bits per heavy atom. The number of H-pyrrole nitrogens is 2. The number of aromatic amines is 2. The first kappa shape index (κ1) is 24.0. The third-order valence-corrected chi connectivity index (χ3v) is 9.14. The molecule has 10 heteroatoms. The van der Waals surface area contributed by atoms with Crippen LogP contribution < -0.4 is 15.6 Å². The summed E-state index contributed by atoms with van der Waals surface area (Å²) in [5, 5.41) is 3.86. The van der Waals surface area contributed by atoms with Crippen LogP contribution in [0.1, 0.15) is 55.8 Å². The summed E-state index contributed by atoms with van der Waals surface area (Å²) in [5.41, 5.74) is 2.85. The molecule has 2 aliphatic rings. The van der Waals surface area contributed by atoms with Gasteiger partial charge in [0.15, 0.2) is 0 Å². The van der Waals surface area contributed by atoms with Gasteiger partial charge in [0.05, 0.1) is 28.5 Å². The lowest BCUT2D eigenvalue weighted by molar-refractivity contribution is 0.412. The number of sulfonamides is 1. The van der Waals surface area contributed by atoms with E-state index in [2.05, 4.69) is 15.3 Å². The van der Waals surface area contributed by atoms with Gasteiger partial charge >= 0.3 is 0 Å². The number of rotatable bonds is 5. The summed E-state index contributed by atoms with van der Waals surface area (Å²) in [5.74, 6) is 1.06. The lowest BCUT2D eigenvalue weighted by Gasteiger charge is -2.21. The third kappa shape index (κ3) is 4.50. The minimum atomic E-state index is -3.66. The minimum Gasteiger partial charge on any atom is -0.496 e. The fraction of sp³-hybridized carbons (Fsp3) is 0.520. The average Bonchev–Trinajstić information content (AvgIpc) is 3.03. The number of nitrogens with one attached hydrogen (secondary N) is 3. The largest absolute Gasteiger partial charge is 0.496 e. The Labute approximate surface area is 205 Å². The molecule has 0 amide bonds. The molecular formula is C25H33N5O4S. The fourth-order valence-corrected chi connectivity index (χ4v) is 6.88. The van der Waals surface area contributed by atoms with Crippen molar-refractivity contribution in [2.24, 2.45) is 0 Å². The first-order valence-corrected chi connectivity index (χ1v) is 13.9. The number of hydrogen-bond acceptors (Lipinski definition) is 6. The van der Waals surface area contributed by atoms with Crippen LogP contribution in [0, 0.1) is 6.92 Å². The van der Waals surface area contributed by atoms with Gasteiger partial charge in [-0.15, -0.1) is 0 Å². The molecule has 3 N–H and O–H groups in total. The van der Waals surface area contributed by atoms with E-state index in [4.69, 9.17) is 9.72 Å². The van der Waals surface area contributed by atoms with Crippen LogP contribution >= 0.6 is 0 Å². The van der Waals surface area contributed by atoms with Gasteiger partial charge in [0, 0.05) is 37.1 Å². The molecule has 0 atom stereocenters. The zero-order valence-electron chi connectivity index (χ0n) is 20.3. The third-order valence-electron chi connectivity index (χ3n) is 7.24. The summed E-state index contributed by atoms with van der Waals surface area (Å²) < 4.78 is 33.6. The minimum absolute atomic E-state index is 0.167. The molecule has 1 aliphatic heterocycles. The molecule has 5 rings (SSSR count). The number of ether oxygens (including phenoxy) is 1. The number of aryl methyl sites for hydroxylation is 1. The maximum Gasteiger partial charge on any atom is 0.260 e. The first-order chi connectivity index (χ1) is 16.9. The van der Waals surface area contributed by atoms with Crippen LogP contribution in [-0.2, 0) is 10.0 Å². The van der Waals surface area contributed by atoms with E-state index in [0.717, 1.165) is 37.2 Å².